The van der Waals surface area contributed by atoms with Crippen LogP contribution in [0.2, 0.25) is 0 Å². The molecule has 146 valence electrons. The summed E-state index contributed by atoms with van der Waals surface area (Å²) in [6.07, 6.45) is 9.07. The monoisotopic (exact) mass is 372 g/mol. The lowest BCUT2D eigenvalue weighted by atomic mass is 9.53. The van der Waals surface area contributed by atoms with Gasteiger partial charge in [0, 0.05) is 11.1 Å². The van der Waals surface area contributed by atoms with Crippen molar-refractivity contribution < 1.29 is 19.1 Å². The van der Waals surface area contributed by atoms with E-state index >= 15 is 0 Å². The number of hydrogen-bond donors (Lipinski definition) is 1. The molecule has 0 heterocycles. The number of rotatable bonds is 7. The highest BCUT2D eigenvalue weighted by molar-refractivity contribution is 5.81. The Hall–Kier alpha value is -2.24. The van der Waals surface area contributed by atoms with E-state index in [1.54, 1.807) is 32.6 Å². The molecule has 0 saturated heterocycles. The number of nitrogens with one attached hydrogen (secondary N) is 1. The van der Waals surface area contributed by atoms with E-state index in [0.717, 1.165) is 42.6 Å². The highest BCUT2D eigenvalue weighted by Gasteiger charge is 2.51. The number of benzene rings is 1. The van der Waals surface area contributed by atoms with Crippen LogP contribution >= 0.6 is 0 Å². The second-order valence-corrected chi connectivity index (χ2v) is 8.37. The standard InChI is InChI=1S/C21H28N2O4/c1-25-18-4-3-14(8-19(18)26-2)12-22-27-13-20(24)23-21-9-15-5-16(10-21)7-17(6-15)11-21/h3-4,8,12,15-17H,5-7,9-11,13H2,1-2H3,(H,23,24)/b22-12-. The van der Waals surface area contributed by atoms with Gasteiger partial charge in [-0.25, -0.2) is 0 Å². The van der Waals surface area contributed by atoms with Crippen molar-refractivity contribution in [2.24, 2.45) is 22.9 Å². The largest absolute Gasteiger partial charge is 0.493 e. The first-order chi connectivity index (χ1) is 13.1. The Morgan fingerprint density at radius 2 is 1.74 bits per heavy atom. The van der Waals surface area contributed by atoms with Crippen molar-refractivity contribution >= 4 is 12.1 Å². The molecule has 5 rings (SSSR count). The number of hydrogen-bond acceptors (Lipinski definition) is 5. The Labute approximate surface area is 160 Å². The van der Waals surface area contributed by atoms with Gasteiger partial charge in [-0.3, -0.25) is 4.79 Å². The van der Waals surface area contributed by atoms with E-state index in [2.05, 4.69) is 10.5 Å². The van der Waals surface area contributed by atoms with E-state index in [0.29, 0.717) is 11.5 Å². The van der Waals surface area contributed by atoms with Crippen LogP contribution in [-0.4, -0.2) is 38.5 Å². The third kappa shape index (κ3) is 3.89. The summed E-state index contributed by atoms with van der Waals surface area (Å²) in [5, 5.41) is 7.21. The van der Waals surface area contributed by atoms with E-state index in [1.165, 1.54) is 19.3 Å². The quantitative estimate of drug-likeness (QED) is 0.590. The van der Waals surface area contributed by atoms with Crippen molar-refractivity contribution in [3.8, 4) is 11.5 Å². The van der Waals surface area contributed by atoms with Crippen LogP contribution in [0.4, 0.5) is 0 Å². The zero-order chi connectivity index (χ0) is 18.9. The van der Waals surface area contributed by atoms with Gasteiger partial charge in [0.15, 0.2) is 18.1 Å². The summed E-state index contributed by atoms with van der Waals surface area (Å²) in [6, 6.07) is 5.46. The molecule has 4 fully saturated rings. The molecule has 1 aromatic carbocycles. The predicted molar refractivity (Wildman–Crippen MR) is 102 cm³/mol. The number of nitrogens with zero attached hydrogens (tertiary/aromatic N) is 1. The molecular weight excluding hydrogens is 344 g/mol. The van der Waals surface area contributed by atoms with Crippen molar-refractivity contribution in [2.75, 3.05) is 20.8 Å². The lowest BCUT2D eigenvalue weighted by Gasteiger charge is -2.56. The Bertz CT molecular complexity index is 696. The fourth-order valence-corrected chi connectivity index (χ4v) is 5.72. The van der Waals surface area contributed by atoms with Crippen molar-refractivity contribution in [2.45, 2.75) is 44.1 Å². The smallest absolute Gasteiger partial charge is 0.261 e. The zero-order valence-corrected chi connectivity index (χ0v) is 16.1. The van der Waals surface area contributed by atoms with E-state index in [-0.39, 0.29) is 18.1 Å². The van der Waals surface area contributed by atoms with Crippen molar-refractivity contribution in [3.05, 3.63) is 23.8 Å². The second-order valence-electron chi connectivity index (χ2n) is 8.37. The number of amides is 1. The second kappa shape index (κ2) is 7.41. The Morgan fingerprint density at radius 1 is 1.11 bits per heavy atom. The summed E-state index contributed by atoms with van der Waals surface area (Å²) in [6.45, 7) is -0.0501. The average Bonchev–Trinajstić information content (AvgIpc) is 2.63. The summed E-state index contributed by atoms with van der Waals surface area (Å²) in [7, 11) is 3.18. The zero-order valence-electron chi connectivity index (χ0n) is 16.1. The van der Waals surface area contributed by atoms with Crippen molar-refractivity contribution in [1.29, 1.82) is 0 Å². The molecule has 6 heteroatoms. The molecule has 0 radical (unpaired) electrons. The molecule has 0 spiro atoms. The SMILES string of the molecule is COc1ccc(/C=N\OCC(=O)NC23CC4CC(CC(C4)C2)C3)cc1OC. The lowest BCUT2D eigenvalue weighted by molar-refractivity contribution is -0.131. The van der Waals surface area contributed by atoms with Gasteiger partial charge in [0.25, 0.3) is 5.91 Å². The van der Waals surface area contributed by atoms with Gasteiger partial charge in [-0.05, 0) is 74.5 Å². The lowest BCUT2D eigenvalue weighted by Crippen LogP contribution is -2.60. The number of oxime groups is 1. The van der Waals surface area contributed by atoms with Crippen LogP contribution in [0.25, 0.3) is 0 Å². The van der Waals surface area contributed by atoms with Gasteiger partial charge in [0.05, 0.1) is 20.4 Å². The van der Waals surface area contributed by atoms with Crippen LogP contribution < -0.4 is 14.8 Å². The molecule has 1 amide bonds. The summed E-state index contributed by atoms with van der Waals surface area (Å²) < 4.78 is 10.5. The Kier molecular flexibility index (Phi) is 4.98. The minimum absolute atomic E-state index is 0.0161. The van der Waals surface area contributed by atoms with Gasteiger partial charge < -0.3 is 19.6 Å². The first-order valence-corrected chi connectivity index (χ1v) is 9.77. The topological polar surface area (TPSA) is 69.2 Å². The highest BCUT2D eigenvalue weighted by Crippen LogP contribution is 2.55. The number of carbonyl (C=O) groups is 1. The van der Waals surface area contributed by atoms with Gasteiger partial charge in [-0.15, -0.1) is 0 Å². The normalized spacial score (nSPS) is 31.1. The van der Waals surface area contributed by atoms with Crippen LogP contribution in [0, 0.1) is 17.8 Å². The molecule has 4 bridgehead atoms. The summed E-state index contributed by atoms with van der Waals surface area (Å²) >= 11 is 0. The van der Waals surface area contributed by atoms with Gasteiger partial charge in [-0.1, -0.05) is 5.16 Å². The molecule has 0 aromatic heterocycles. The third-order valence-electron chi connectivity index (χ3n) is 6.32. The third-order valence-corrected chi connectivity index (χ3v) is 6.32. The van der Waals surface area contributed by atoms with E-state index in [1.807, 2.05) is 6.07 Å². The van der Waals surface area contributed by atoms with Gasteiger partial charge in [0.2, 0.25) is 0 Å². The van der Waals surface area contributed by atoms with Crippen molar-refractivity contribution in [1.82, 2.24) is 5.32 Å². The number of ether oxygens (including phenoxy) is 2. The summed E-state index contributed by atoms with van der Waals surface area (Å²) in [4.78, 5) is 17.6. The molecule has 1 N–H and O–H groups in total. The molecule has 27 heavy (non-hydrogen) atoms. The Balaban J connectivity index is 1.28. The molecule has 6 nitrogen and oxygen atoms in total. The molecule has 0 aliphatic heterocycles. The number of methoxy groups -OCH3 is 2. The maximum Gasteiger partial charge on any atom is 0.261 e. The van der Waals surface area contributed by atoms with Crippen molar-refractivity contribution in [3.63, 3.8) is 0 Å². The molecule has 4 aliphatic rings. The van der Waals surface area contributed by atoms with E-state index < -0.39 is 0 Å². The fourth-order valence-electron chi connectivity index (χ4n) is 5.72. The fraction of sp³-hybridized carbons (Fsp3) is 0.619. The average molecular weight is 372 g/mol. The minimum Gasteiger partial charge on any atom is -0.493 e. The van der Waals surface area contributed by atoms with Gasteiger partial charge in [-0.2, -0.15) is 0 Å². The summed E-state index contributed by atoms with van der Waals surface area (Å²) in [5.74, 6) is 3.63. The van der Waals surface area contributed by atoms with Crippen LogP contribution in [0.1, 0.15) is 44.1 Å². The summed E-state index contributed by atoms with van der Waals surface area (Å²) in [5.41, 5.74) is 0.830. The molecule has 4 aliphatic carbocycles. The molecular formula is C21H28N2O4. The van der Waals surface area contributed by atoms with Crippen LogP contribution in [0.5, 0.6) is 11.5 Å². The predicted octanol–water partition coefficient (Wildman–Crippen LogP) is 3.14. The molecule has 1 aromatic rings. The van der Waals surface area contributed by atoms with Gasteiger partial charge in [0.1, 0.15) is 0 Å². The molecule has 0 atom stereocenters. The van der Waals surface area contributed by atoms with Crippen LogP contribution in [0.3, 0.4) is 0 Å². The minimum atomic E-state index is -0.0681. The first kappa shape index (κ1) is 18.1. The van der Waals surface area contributed by atoms with Gasteiger partial charge >= 0.3 is 0 Å². The van der Waals surface area contributed by atoms with Crippen LogP contribution in [-0.2, 0) is 9.63 Å². The van der Waals surface area contributed by atoms with E-state index in [9.17, 15) is 4.79 Å². The Morgan fingerprint density at radius 3 is 2.33 bits per heavy atom. The molecule has 0 unspecified atom stereocenters. The van der Waals surface area contributed by atoms with Crippen LogP contribution in [0.15, 0.2) is 23.4 Å². The highest BCUT2D eigenvalue weighted by atomic mass is 16.6. The number of carbonyl (C=O) groups excluding carboxylic acids is 1. The van der Waals surface area contributed by atoms with E-state index in [4.69, 9.17) is 14.3 Å². The molecule has 4 saturated carbocycles. The maximum absolute atomic E-state index is 12.4. The maximum atomic E-state index is 12.4. The first-order valence-electron chi connectivity index (χ1n) is 9.77.